The lowest BCUT2D eigenvalue weighted by molar-refractivity contribution is -0.120. The number of rotatable bonds is 9. The normalized spacial score (nSPS) is 11.7. The number of nitrogens with one attached hydrogen (secondary N) is 3. The molecule has 1 aromatic carbocycles. The lowest BCUT2D eigenvalue weighted by atomic mass is 10.1. The van der Waals surface area contributed by atoms with Gasteiger partial charge in [-0.15, -0.1) is 11.3 Å². The number of methoxy groups -OCH3 is 1. The fourth-order valence-electron chi connectivity index (χ4n) is 2.37. The van der Waals surface area contributed by atoms with Gasteiger partial charge in [0.2, 0.25) is 16.8 Å². The maximum Gasteiger partial charge on any atom is 0.407 e. The van der Waals surface area contributed by atoms with Crippen molar-refractivity contribution in [1.29, 1.82) is 0 Å². The van der Waals surface area contributed by atoms with Crippen LogP contribution in [0.3, 0.4) is 0 Å². The second kappa shape index (κ2) is 10.6. The Kier molecular flexibility index (Phi) is 8.20. The van der Waals surface area contributed by atoms with E-state index >= 15 is 0 Å². The molecule has 152 valence electrons. The summed E-state index contributed by atoms with van der Waals surface area (Å²) >= 11 is 1.45. The fraction of sp³-hybridized carbons (Fsp3) is 0.353. The van der Waals surface area contributed by atoms with E-state index in [1.165, 1.54) is 18.4 Å². The molecule has 2 rings (SSSR count). The number of thiazole rings is 1. The molecule has 28 heavy (non-hydrogen) atoms. The third kappa shape index (κ3) is 6.82. The minimum absolute atomic E-state index is 0.214. The van der Waals surface area contributed by atoms with Crippen LogP contribution in [-0.2, 0) is 33.3 Å². The van der Waals surface area contributed by atoms with Gasteiger partial charge in [0.05, 0.1) is 18.8 Å². The first-order valence-corrected chi connectivity index (χ1v) is 10.5. The Balaban J connectivity index is 2.11. The average molecular weight is 427 g/mol. The molecular weight excluding hydrogens is 404 g/mol. The van der Waals surface area contributed by atoms with Gasteiger partial charge in [-0.25, -0.2) is 18.2 Å². The van der Waals surface area contributed by atoms with Crippen molar-refractivity contribution in [3.63, 3.8) is 0 Å². The molecule has 0 unspecified atom stereocenters. The fourth-order valence-corrected chi connectivity index (χ4v) is 3.68. The highest BCUT2D eigenvalue weighted by molar-refractivity contribution is 7.73. The van der Waals surface area contributed by atoms with Gasteiger partial charge in [0.25, 0.3) is 0 Å². The van der Waals surface area contributed by atoms with Crippen molar-refractivity contribution >= 4 is 39.9 Å². The van der Waals surface area contributed by atoms with Gasteiger partial charge in [0, 0.05) is 11.1 Å². The molecular formula is C17H22N4O5S2. The molecule has 1 aromatic heterocycles. The topological polar surface area (TPSA) is 126 Å². The molecule has 3 N–H and O–H groups in total. The number of benzene rings is 1. The Morgan fingerprint density at radius 3 is 2.54 bits per heavy atom. The van der Waals surface area contributed by atoms with Gasteiger partial charge < -0.3 is 15.4 Å². The Labute approximate surface area is 168 Å². The zero-order chi connectivity index (χ0) is 20.5. The third-order valence-electron chi connectivity index (χ3n) is 3.76. The Morgan fingerprint density at radius 2 is 1.96 bits per heavy atom. The van der Waals surface area contributed by atoms with Gasteiger partial charge in [-0.3, -0.25) is 9.52 Å². The van der Waals surface area contributed by atoms with Crippen molar-refractivity contribution < 1.29 is 22.7 Å². The molecule has 0 aliphatic carbocycles. The van der Waals surface area contributed by atoms with Gasteiger partial charge in [-0.1, -0.05) is 19.1 Å². The number of hydrogen-bond acceptors (Lipinski definition) is 7. The number of nitrogens with zero attached hydrogens (tertiary/aromatic N) is 1. The predicted octanol–water partition coefficient (Wildman–Crippen LogP) is 1.40. The second-order valence-corrected chi connectivity index (χ2v) is 7.39. The number of amides is 2. The van der Waals surface area contributed by atoms with Crippen LogP contribution in [0.2, 0.25) is 0 Å². The van der Waals surface area contributed by atoms with Crippen LogP contribution in [0.15, 0.2) is 29.6 Å². The molecule has 1 heterocycles. The van der Waals surface area contributed by atoms with Crippen LogP contribution < -0.4 is 15.4 Å². The second-order valence-electron chi connectivity index (χ2n) is 5.77. The minimum atomic E-state index is -2.72. The van der Waals surface area contributed by atoms with Gasteiger partial charge in [-0.2, -0.15) is 0 Å². The Hall–Kier alpha value is -2.66. The summed E-state index contributed by atoms with van der Waals surface area (Å²) in [6.07, 6.45) is 0.563. The van der Waals surface area contributed by atoms with Crippen molar-refractivity contribution in [2.24, 2.45) is 0 Å². The van der Waals surface area contributed by atoms with E-state index in [0.29, 0.717) is 12.1 Å². The van der Waals surface area contributed by atoms with Gasteiger partial charge in [-0.05, 0) is 30.5 Å². The van der Waals surface area contributed by atoms with E-state index in [4.69, 9.17) is 0 Å². The van der Waals surface area contributed by atoms with Gasteiger partial charge in [0.1, 0.15) is 11.6 Å². The number of thiol groups is 1. The van der Waals surface area contributed by atoms with Crippen LogP contribution >= 0.6 is 11.3 Å². The molecule has 2 aromatic rings. The number of anilines is 1. The summed E-state index contributed by atoms with van der Waals surface area (Å²) < 4.78 is 28.2. The van der Waals surface area contributed by atoms with E-state index in [-0.39, 0.29) is 18.5 Å². The van der Waals surface area contributed by atoms with E-state index < -0.39 is 17.0 Å². The lowest BCUT2D eigenvalue weighted by Crippen LogP contribution is -2.39. The first kappa shape index (κ1) is 21.6. The van der Waals surface area contributed by atoms with E-state index in [2.05, 4.69) is 25.1 Å². The molecule has 0 aliphatic heterocycles. The molecule has 0 bridgehead atoms. The number of aryl methyl sites for hydroxylation is 1. The molecule has 0 radical (unpaired) electrons. The summed E-state index contributed by atoms with van der Waals surface area (Å²) in [6, 6.07) is 6.48. The molecule has 11 heteroatoms. The molecule has 9 nitrogen and oxygen atoms in total. The van der Waals surface area contributed by atoms with Crippen LogP contribution in [0.4, 0.5) is 10.5 Å². The van der Waals surface area contributed by atoms with Gasteiger partial charge >= 0.3 is 6.09 Å². The van der Waals surface area contributed by atoms with E-state index in [0.717, 1.165) is 22.7 Å². The van der Waals surface area contributed by atoms with E-state index in [1.807, 2.05) is 12.3 Å². The maximum atomic E-state index is 12.2. The number of alkyl carbamates (subject to hydrolysis) is 1. The molecule has 0 saturated carbocycles. The number of ether oxygens (including phenoxy) is 1. The summed E-state index contributed by atoms with van der Waals surface area (Å²) in [5.74, 6) is -0.370. The van der Waals surface area contributed by atoms with Crippen LogP contribution in [-0.4, -0.2) is 39.1 Å². The summed E-state index contributed by atoms with van der Waals surface area (Å²) in [5.41, 5.74) is 2.29. The van der Waals surface area contributed by atoms with Crippen molar-refractivity contribution in [2.75, 3.05) is 18.4 Å². The highest BCUT2D eigenvalue weighted by Gasteiger charge is 2.19. The number of aromatic nitrogens is 1. The summed E-state index contributed by atoms with van der Waals surface area (Å²) in [4.78, 5) is 27.9. The predicted molar refractivity (Wildman–Crippen MR) is 107 cm³/mol. The summed E-state index contributed by atoms with van der Waals surface area (Å²) in [7, 11) is -1.50. The quantitative estimate of drug-likeness (QED) is 0.449. The molecule has 1 atom stereocenters. The average Bonchev–Trinajstić information content (AvgIpc) is 3.16. The molecule has 0 saturated heterocycles. The van der Waals surface area contributed by atoms with Crippen LogP contribution in [0.25, 0.3) is 0 Å². The van der Waals surface area contributed by atoms with Crippen LogP contribution in [0.5, 0.6) is 0 Å². The molecule has 0 spiro atoms. The highest BCUT2D eigenvalue weighted by Crippen LogP contribution is 2.23. The molecule has 0 aliphatic rings. The van der Waals surface area contributed by atoms with Crippen molar-refractivity contribution in [2.45, 2.75) is 25.8 Å². The highest BCUT2D eigenvalue weighted by atomic mass is 32.2. The first-order valence-electron chi connectivity index (χ1n) is 8.46. The molecule has 0 fully saturated rings. The zero-order valence-electron chi connectivity index (χ0n) is 15.4. The first-order chi connectivity index (χ1) is 13.4. The van der Waals surface area contributed by atoms with Gasteiger partial charge in [0.15, 0.2) is 0 Å². The Morgan fingerprint density at radius 1 is 1.25 bits per heavy atom. The van der Waals surface area contributed by atoms with E-state index in [1.54, 1.807) is 24.3 Å². The summed E-state index contributed by atoms with van der Waals surface area (Å²) in [6.45, 7) is 1.79. The third-order valence-corrected chi connectivity index (χ3v) is 5.21. The number of carbonyl (C=O) groups excluding carboxylic acids is 2. The Bertz CT molecular complexity index is 872. The monoisotopic (exact) mass is 426 g/mol. The minimum Gasteiger partial charge on any atom is -0.453 e. The van der Waals surface area contributed by atoms with E-state index in [9.17, 15) is 18.0 Å². The van der Waals surface area contributed by atoms with Crippen molar-refractivity contribution in [1.82, 2.24) is 15.6 Å². The van der Waals surface area contributed by atoms with Crippen molar-refractivity contribution in [3.05, 3.63) is 45.9 Å². The van der Waals surface area contributed by atoms with Crippen LogP contribution in [0, 0.1) is 0 Å². The largest absolute Gasteiger partial charge is 0.453 e. The standard InChI is InChI=1S/C17H22N4O5S2/c1-3-12-10-27-16(19-12)14(20-15(22)9-18-17(23)26-2)8-11-4-6-13(7-5-11)21-28(24)25/h4-7,10,14,28H,3,8-9H2,1-2H3,(H,18,23)(H,20,22)(H,21,24,25)/t14-/m0/s1. The molecule has 2 amide bonds. The number of carbonyl (C=O) groups is 2. The number of hydrogen-bond donors (Lipinski definition) is 4. The van der Waals surface area contributed by atoms with Crippen molar-refractivity contribution in [3.8, 4) is 0 Å². The lowest BCUT2D eigenvalue weighted by Gasteiger charge is -2.17. The zero-order valence-corrected chi connectivity index (χ0v) is 17.1. The maximum absolute atomic E-state index is 12.2. The summed E-state index contributed by atoms with van der Waals surface area (Å²) in [5, 5.41) is 7.91. The SMILES string of the molecule is CCc1csc([C@H](Cc2ccc(N[SH](=O)=O)cc2)NC(=O)CNC(=O)OC)n1. The van der Waals surface area contributed by atoms with Crippen LogP contribution in [0.1, 0.15) is 29.2 Å². The smallest absolute Gasteiger partial charge is 0.407 e.